The van der Waals surface area contributed by atoms with E-state index in [0.717, 1.165) is 16.7 Å². The minimum Gasteiger partial charge on any atom is -0.466 e. The molecule has 0 aliphatic heterocycles. The molecule has 2 N–H and O–H groups in total. The number of benzene rings is 2. The fourth-order valence-corrected chi connectivity index (χ4v) is 3.56. The van der Waals surface area contributed by atoms with Gasteiger partial charge in [-0.2, -0.15) is 0 Å². The van der Waals surface area contributed by atoms with Crippen LogP contribution < -0.4 is 11.1 Å². The van der Waals surface area contributed by atoms with E-state index in [1.54, 1.807) is 13.8 Å². The number of nitrogens with zero attached hydrogens (tertiary/aromatic N) is 1. The molecule has 0 saturated carbocycles. The van der Waals surface area contributed by atoms with Crippen molar-refractivity contribution < 1.29 is 18.8 Å². The summed E-state index contributed by atoms with van der Waals surface area (Å²) >= 11 is 6.08. The van der Waals surface area contributed by atoms with Crippen LogP contribution in [0, 0.1) is 5.92 Å². The molecule has 0 saturated heterocycles. The standard InChI is InChI=1S/C23H24ClN3O5/c1-3-31-22(29)14(2)11-19(25-21(28)20-26-23(30)32-27-20)12-15-7-9-16(10-8-15)17-5-4-6-18(24)13-17/h4-10,13-14,19H,3,11-12H2,1-2H3,(H,25,28)(H,26,27,30). The second-order valence-corrected chi connectivity index (χ2v) is 7.85. The molecule has 168 valence electrons. The third-order valence-electron chi connectivity index (χ3n) is 4.91. The van der Waals surface area contributed by atoms with Gasteiger partial charge in [-0.25, -0.2) is 4.79 Å². The molecular weight excluding hydrogens is 434 g/mol. The normalized spacial score (nSPS) is 12.7. The highest BCUT2D eigenvalue weighted by molar-refractivity contribution is 6.30. The van der Waals surface area contributed by atoms with Gasteiger partial charge in [0.05, 0.1) is 12.5 Å². The van der Waals surface area contributed by atoms with Crippen LogP contribution >= 0.6 is 11.6 Å². The smallest absolute Gasteiger partial charge is 0.439 e. The minimum absolute atomic E-state index is 0.222. The lowest BCUT2D eigenvalue weighted by molar-refractivity contribution is -0.147. The van der Waals surface area contributed by atoms with Gasteiger partial charge in [0, 0.05) is 11.1 Å². The molecule has 3 aromatic rings. The Morgan fingerprint density at radius 2 is 1.94 bits per heavy atom. The van der Waals surface area contributed by atoms with Crippen LogP contribution in [-0.2, 0) is 16.0 Å². The SMILES string of the molecule is CCOC(=O)C(C)CC(Cc1ccc(-c2cccc(Cl)c2)cc1)NC(=O)c1noc(=O)[nH]1. The molecular formula is C23H24ClN3O5. The summed E-state index contributed by atoms with van der Waals surface area (Å²) in [5.74, 6) is -2.39. The number of hydrogen-bond acceptors (Lipinski definition) is 6. The lowest BCUT2D eigenvalue weighted by atomic mass is 9.95. The molecule has 1 aromatic heterocycles. The Kier molecular flexibility index (Phi) is 7.83. The first-order valence-electron chi connectivity index (χ1n) is 10.2. The number of hydrogen-bond donors (Lipinski definition) is 2. The van der Waals surface area contributed by atoms with Crippen LogP contribution in [0.1, 0.15) is 36.5 Å². The lowest BCUT2D eigenvalue weighted by Gasteiger charge is -2.21. The Hall–Kier alpha value is -3.39. The Labute approximate surface area is 189 Å². The van der Waals surface area contributed by atoms with E-state index in [2.05, 4.69) is 20.0 Å². The molecule has 0 spiro atoms. The second-order valence-electron chi connectivity index (χ2n) is 7.41. The van der Waals surface area contributed by atoms with Gasteiger partial charge >= 0.3 is 11.7 Å². The van der Waals surface area contributed by atoms with Crippen LogP contribution in [0.2, 0.25) is 5.02 Å². The number of nitrogens with one attached hydrogen (secondary N) is 2. The van der Waals surface area contributed by atoms with Crippen LogP contribution in [0.3, 0.4) is 0 Å². The number of ether oxygens (including phenoxy) is 1. The van der Waals surface area contributed by atoms with E-state index < -0.39 is 23.6 Å². The minimum atomic E-state index is -0.816. The van der Waals surface area contributed by atoms with Crippen molar-refractivity contribution in [2.45, 2.75) is 32.7 Å². The third-order valence-corrected chi connectivity index (χ3v) is 5.15. The van der Waals surface area contributed by atoms with Crippen molar-refractivity contribution in [2.24, 2.45) is 5.92 Å². The molecule has 0 aliphatic rings. The molecule has 0 fully saturated rings. The number of rotatable bonds is 9. The summed E-state index contributed by atoms with van der Waals surface area (Å²) < 4.78 is 9.48. The highest BCUT2D eigenvalue weighted by atomic mass is 35.5. The number of aromatic nitrogens is 2. The summed E-state index contributed by atoms with van der Waals surface area (Å²) in [6, 6.07) is 15.0. The van der Waals surface area contributed by atoms with Crippen molar-refractivity contribution in [3.8, 4) is 11.1 Å². The average molecular weight is 458 g/mol. The maximum Gasteiger partial charge on any atom is 0.439 e. The first kappa shape index (κ1) is 23.3. The average Bonchev–Trinajstić information content (AvgIpc) is 3.21. The molecule has 1 amide bonds. The summed E-state index contributed by atoms with van der Waals surface area (Å²) in [7, 11) is 0. The topological polar surface area (TPSA) is 114 Å². The maximum absolute atomic E-state index is 12.5. The highest BCUT2D eigenvalue weighted by Gasteiger charge is 2.23. The molecule has 32 heavy (non-hydrogen) atoms. The summed E-state index contributed by atoms with van der Waals surface area (Å²) in [5.41, 5.74) is 2.97. The molecule has 3 rings (SSSR count). The van der Waals surface area contributed by atoms with E-state index >= 15 is 0 Å². The van der Waals surface area contributed by atoms with E-state index in [0.29, 0.717) is 17.9 Å². The molecule has 2 unspecified atom stereocenters. The van der Waals surface area contributed by atoms with Gasteiger partial charge in [-0.3, -0.25) is 19.1 Å². The Bertz CT molecular complexity index is 1120. The molecule has 2 atom stereocenters. The van der Waals surface area contributed by atoms with Gasteiger partial charge in [0.25, 0.3) is 5.91 Å². The quantitative estimate of drug-likeness (QED) is 0.474. The van der Waals surface area contributed by atoms with Crippen LogP contribution in [0.25, 0.3) is 11.1 Å². The monoisotopic (exact) mass is 457 g/mol. The van der Waals surface area contributed by atoms with E-state index in [9.17, 15) is 14.4 Å². The molecule has 0 bridgehead atoms. The van der Waals surface area contributed by atoms with Gasteiger partial charge in [-0.15, -0.1) is 0 Å². The summed E-state index contributed by atoms with van der Waals surface area (Å²) in [6.45, 7) is 3.77. The zero-order valence-corrected chi connectivity index (χ0v) is 18.5. The highest BCUT2D eigenvalue weighted by Crippen LogP contribution is 2.24. The summed E-state index contributed by atoms with van der Waals surface area (Å²) in [6.07, 6.45) is 0.816. The Balaban J connectivity index is 1.75. The summed E-state index contributed by atoms with van der Waals surface area (Å²) in [5, 5.41) is 6.89. The number of H-pyrrole nitrogens is 1. The second kappa shape index (κ2) is 10.8. The van der Waals surface area contributed by atoms with E-state index in [-0.39, 0.29) is 18.4 Å². The zero-order valence-electron chi connectivity index (χ0n) is 17.8. The molecule has 0 radical (unpaired) electrons. The van der Waals surface area contributed by atoms with Gasteiger partial charge in [0.1, 0.15) is 0 Å². The molecule has 8 nitrogen and oxygen atoms in total. The molecule has 2 aromatic carbocycles. The predicted molar refractivity (Wildman–Crippen MR) is 119 cm³/mol. The fourth-order valence-electron chi connectivity index (χ4n) is 3.37. The number of amides is 1. The van der Waals surface area contributed by atoms with Crippen molar-refractivity contribution in [1.82, 2.24) is 15.5 Å². The van der Waals surface area contributed by atoms with Crippen LogP contribution in [-0.4, -0.2) is 34.7 Å². The third kappa shape index (κ3) is 6.31. The fraction of sp³-hybridized carbons (Fsp3) is 0.304. The van der Waals surface area contributed by atoms with E-state index in [4.69, 9.17) is 16.3 Å². The van der Waals surface area contributed by atoms with Crippen LogP contribution in [0.15, 0.2) is 57.8 Å². The van der Waals surface area contributed by atoms with Crippen molar-refractivity contribution >= 4 is 23.5 Å². The Morgan fingerprint density at radius 1 is 1.19 bits per heavy atom. The van der Waals surface area contributed by atoms with Gasteiger partial charge < -0.3 is 10.1 Å². The lowest BCUT2D eigenvalue weighted by Crippen LogP contribution is -2.39. The number of carbonyl (C=O) groups is 2. The number of esters is 1. The first-order chi connectivity index (χ1) is 15.4. The van der Waals surface area contributed by atoms with Crippen molar-refractivity contribution in [3.63, 3.8) is 0 Å². The number of halogens is 1. The van der Waals surface area contributed by atoms with E-state index in [1.165, 1.54) is 0 Å². The van der Waals surface area contributed by atoms with Crippen LogP contribution in [0.5, 0.6) is 0 Å². The Morgan fingerprint density at radius 3 is 2.56 bits per heavy atom. The van der Waals surface area contributed by atoms with Crippen LogP contribution in [0.4, 0.5) is 0 Å². The van der Waals surface area contributed by atoms with Gasteiger partial charge in [-0.05, 0) is 53.7 Å². The predicted octanol–water partition coefficient (Wildman–Crippen LogP) is 3.61. The zero-order chi connectivity index (χ0) is 23.1. The van der Waals surface area contributed by atoms with Gasteiger partial charge in [-0.1, -0.05) is 54.9 Å². The van der Waals surface area contributed by atoms with Crippen molar-refractivity contribution in [2.75, 3.05) is 6.61 Å². The number of carbonyl (C=O) groups excluding carboxylic acids is 2. The van der Waals surface area contributed by atoms with Gasteiger partial charge in [0.15, 0.2) is 0 Å². The first-order valence-corrected chi connectivity index (χ1v) is 10.6. The summed E-state index contributed by atoms with van der Waals surface area (Å²) in [4.78, 5) is 37.9. The molecule has 1 heterocycles. The van der Waals surface area contributed by atoms with Crippen molar-refractivity contribution in [1.29, 1.82) is 0 Å². The van der Waals surface area contributed by atoms with Gasteiger partial charge in [0.2, 0.25) is 5.82 Å². The van der Waals surface area contributed by atoms with Crippen molar-refractivity contribution in [3.05, 3.63) is 75.5 Å². The maximum atomic E-state index is 12.5. The van der Waals surface area contributed by atoms with E-state index in [1.807, 2.05) is 48.5 Å². The molecule has 0 aliphatic carbocycles. The number of aromatic amines is 1. The molecule has 9 heteroatoms. The largest absolute Gasteiger partial charge is 0.466 e.